The highest BCUT2D eigenvalue weighted by Gasteiger charge is 2.08. The Morgan fingerprint density at radius 3 is 2.79 bits per heavy atom. The summed E-state index contributed by atoms with van der Waals surface area (Å²) in [5.74, 6) is -0.119. The number of rotatable bonds is 0. The molecule has 1 heterocycles. The van der Waals surface area contributed by atoms with Gasteiger partial charge in [-0.2, -0.15) is 0 Å². The molecule has 0 bridgehead atoms. The van der Waals surface area contributed by atoms with Crippen molar-refractivity contribution in [3.05, 3.63) is 39.8 Å². The zero-order valence-electron chi connectivity index (χ0n) is 7.80. The maximum atomic E-state index is 13.1. The summed E-state index contributed by atoms with van der Waals surface area (Å²) in [5.41, 5.74) is 0.271. The molecule has 0 aliphatic rings. The number of hydrogen-bond acceptors (Lipinski definition) is 3. The van der Waals surface area contributed by atoms with Gasteiger partial charge in [0.1, 0.15) is 5.82 Å². The number of nitrogens with zero attached hydrogens (tertiary/aromatic N) is 1. The van der Waals surface area contributed by atoms with Gasteiger partial charge in [0.25, 0.3) is 0 Å². The summed E-state index contributed by atoms with van der Waals surface area (Å²) in [6.07, 6.45) is 0. The summed E-state index contributed by atoms with van der Waals surface area (Å²) >= 11 is 0. The average molecular weight is 193 g/mol. The number of fused-ring (bicyclic) bond motifs is 1. The van der Waals surface area contributed by atoms with Crippen LogP contribution in [0.5, 0.6) is 0 Å². The minimum atomic E-state index is -0.476. The van der Waals surface area contributed by atoms with Gasteiger partial charge in [-0.25, -0.2) is 14.2 Å². The summed E-state index contributed by atoms with van der Waals surface area (Å²) in [4.78, 5) is 15.3. The molecule has 1 aromatic heterocycles. The Kier molecular flexibility index (Phi) is 1.84. The van der Waals surface area contributed by atoms with E-state index < -0.39 is 5.63 Å². The van der Waals surface area contributed by atoms with Crippen molar-refractivity contribution in [3.63, 3.8) is 0 Å². The molecular formula is C10H8FNO2. The molecule has 2 aromatic rings. The quantitative estimate of drug-likeness (QED) is 0.642. The molecular weight excluding hydrogens is 185 g/mol. The van der Waals surface area contributed by atoms with Crippen LogP contribution >= 0.6 is 0 Å². The maximum Gasteiger partial charge on any atom is 0.346 e. The van der Waals surface area contributed by atoms with Gasteiger partial charge in [-0.05, 0) is 19.1 Å². The molecule has 0 unspecified atom stereocenters. The summed E-state index contributed by atoms with van der Waals surface area (Å²) in [6.45, 7) is 3.15. The van der Waals surface area contributed by atoms with Gasteiger partial charge in [0.15, 0.2) is 5.89 Å². The highest BCUT2D eigenvalue weighted by molar-refractivity contribution is 5.80. The van der Waals surface area contributed by atoms with Crippen LogP contribution in [0.2, 0.25) is 0 Å². The van der Waals surface area contributed by atoms with E-state index in [0.29, 0.717) is 16.5 Å². The molecule has 72 valence electrons. The molecule has 0 aliphatic carbocycles. The van der Waals surface area contributed by atoms with Crippen LogP contribution in [0.4, 0.5) is 4.39 Å². The summed E-state index contributed by atoms with van der Waals surface area (Å²) in [6, 6.07) is 2.63. The van der Waals surface area contributed by atoms with Crippen LogP contribution in [0.1, 0.15) is 11.5 Å². The molecule has 14 heavy (non-hydrogen) atoms. The molecule has 0 saturated heterocycles. The molecule has 0 fully saturated rings. The molecule has 2 rings (SSSR count). The van der Waals surface area contributed by atoms with E-state index >= 15 is 0 Å². The number of halogens is 1. The van der Waals surface area contributed by atoms with Gasteiger partial charge in [0.05, 0.1) is 10.9 Å². The Labute approximate surface area is 79.2 Å². The van der Waals surface area contributed by atoms with Crippen LogP contribution in [-0.2, 0) is 0 Å². The highest BCUT2D eigenvalue weighted by Crippen LogP contribution is 2.16. The zero-order valence-corrected chi connectivity index (χ0v) is 7.80. The Hall–Kier alpha value is -1.71. The lowest BCUT2D eigenvalue weighted by atomic mass is 10.1. The lowest BCUT2D eigenvalue weighted by molar-refractivity contribution is 0.466. The molecule has 0 amide bonds. The van der Waals surface area contributed by atoms with Crippen molar-refractivity contribution >= 4 is 10.9 Å². The van der Waals surface area contributed by atoms with Crippen LogP contribution in [0, 0.1) is 19.7 Å². The van der Waals surface area contributed by atoms with E-state index in [0.717, 1.165) is 0 Å². The number of benzene rings is 1. The van der Waals surface area contributed by atoms with Crippen molar-refractivity contribution in [2.75, 3.05) is 0 Å². The van der Waals surface area contributed by atoms with Crippen LogP contribution in [-0.4, -0.2) is 4.98 Å². The standard InChI is InChI=1S/C10H8FNO2/c1-5-8(11)4-3-7-9(5)12-6(2)14-10(7)13/h3-4H,1-2H3. The first-order valence-corrected chi connectivity index (χ1v) is 4.16. The van der Waals surface area contributed by atoms with Crippen molar-refractivity contribution in [1.82, 2.24) is 4.98 Å². The molecule has 4 heteroatoms. The van der Waals surface area contributed by atoms with Crippen molar-refractivity contribution < 1.29 is 8.81 Å². The molecule has 3 nitrogen and oxygen atoms in total. The Balaban J connectivity index is 3.03. The molecule has 0 saturated carbocycles. The molecule has 0 aliphatic heterocycles. The minimum Gasteiger partial charge on any atom is -0.408 e. The van der Waals surface area contributed by atoms with E-state index in [-0.39, 0.29) is 11.7 Å². The third-order valence-electron chi connectivity index (χ3n) is 2.09. The first kappa shape index (κ1) is 8.87. The third kappa shape index (κ3) is 1.19. The van der Waals surface area contributed by atoms with Gasteiger partial charge >= 0.3 is 5.63 Å². The SMILES string of the molecule is Cc1nc2c(C)c(F)ccc2c(=O)o1. The number of hydrogen-bond donors (Lipinski definition) is 0. The van der Waals surface area contributed by atoms with Crippen LogP contribution in [0.15, 0.2) is 21.3 Å². The zero-order chi connectivity index (χ0) is 10.3. The summed E-state index contributed by atoms with van der Waals surface area (Å²) in [7, 11) is 0. The monoisotopic (exact) mass is 193 g/mol. The lowest BCUT2D eigenvalue weighted by Gasteiger charge is -2.01. The maximum absolute atomic E-state index is 13.1. The van der Waals surface area contributed by atoms with Crippen LogP contribution in [0.25, 0.3) is 10.9 Å². The highest BCUT2D eigenvalue weighted by atomic mass is 19.1. The molecule has 0 N–H and O–H groups in total. The second kappa shape index (κ2) is 2.90. The predicted molar refractivity (Wildman–Crippen MR) is 49.7 cm³/mol. The first-order valence-electron chi connectivity index (χ1n) is 4.16. The largest absolute Gasteiger partial charge is 0.408 e. The van der Waals surface area contributed by atoms with E-state index in [1.165, 1.54) is 12.1 Å². The smallest absolute Gasteiger partial charge is 0.346 e. The molecule has 0 radical (unpaired) electrons. The molecule has 0 atom stereocenters. The Bertz CT molecular complexity index is 560. The second-order valence-electron chi connectivity index (χ2n) is 3.09. The number of aromatic nitrogens is 1. The third-order valence-corrected chi connectivity index (χ3v) is 2.09. The topological polar surface area (TPSA) is 43.1 Å². The van der Waals surface area contributed by atoms with Gasteiger partial charge in [-0.15, -0.1) is 0 Å². The predicted octanol–water partition coefficient (Wildman–Crippen LogP) is 1.94. The number of aryl methyl sites for hydroxylation is 2. The van der Waals surface area contributed by atoms with Crippen LogP contribution in [0.3, 0.4) is 0 Å². The summed E-state index contributed by atoms with van der Waals surface area (Å²) in [5, 5.41) is 0.314. The fourth-order valence-electron chi connectivity index (χ4n) is 1.35. The van der Waals surface area contributed by atoms with Crippen molar-refractivity contribution in [1.29, 1.82) is 0 Å². The van der Waals surface area contributed by atoms with Crippen LogP contribution < -0.4 is 5.63 Å². The fourth-order valence-corrected chi connectivity index (χ4v) is 1.35. The van der Waals surface area contributed by atoms with E-state index in [1.54, 1.807) is 13.8 Å². The lowest BCUT2D eigenvalue weighted by Crippen LogP contribution is -2.04. The van der Waals surface area contributed by atoms with E-state index in [2.05, 4.69) is 4.98 Å². The van der Waals surface area contributed by atoms with Gasteiger partial charge < -0.3 is 4.42 Å². The average Bonchev–Trinajstić information content (AvgIpc) is 2.12. The van der Waals surface area contributed by atoms with Gasteiger partial charge in [0, 0.05) is 12.5 Å². The summed E-state index contributed by atoms with van der Waals surface area (Å²) < 4.78 is 17.9. The van der Waals surface area contributed by atoms with Crippen molar-refractivity contribution in [2.24, 2.45) is 0 Å². The van der Waals surface area contributed by atoms with E-state index in [9.17, 15) is 9.18 Å². The van der Waals surface area contributed by atoms with E-state index in [4.69, 9.17) is 4.42 Å². The normalized spacial score (nSPS) is 10.8. The Morgan fingerprint density at radius 2 is 2.07 bits per heavy atom. The molecule has 0 spiro atoms. The van der Waals surface area contributed by atoms with Crippen molar-refractivity contribution in [2.45, 2.75) is 13.8 Å². The fraction of sp³-hybridized carbons (Fsp3) is 0.200. The second-order valence-corrected chi connectivity index (χ2v) is 3.09. The Morgan fingerprint density at radius 1 is 1.36 bits per heavy atom. The van der Waals surface area contributed by atoms with Gasteiger partial charge in [0.2, 0.25) is 0 Å². The first-order chi connectivity index (χ1) is 6.59. The molecule has 1 aromatic carbocycles. The van der Waals surface area contributed by atoms with Crippen molar-refractivity contribution in [3.8, 4) is 0 Å². The minimum absolute atomic E-state index is 0.246. The van der Waals surface area contributed by atoms with E-state index in [1.807, 2.05) is 0 Å². The van der Waals surface area contributed by atoms with Gasteiger partial charge in [-0.3, -0.25) is 0 Å². The van der Waals surface area contributed by atoms with Gasteiger partial charge in [-0.1, -0.05) is 0 Å².